The van der Waals surface area contributed by atoms with Gasteiger partial charge in [-0.2, -0.15) is 0 Å². The molecule has 3 N–H and O–H groups in total. The van der Waals surface area contributed by atoms with Crippen LogP contribution in [0.5, 0.6) is 5.75 Å². The van der Waals surface area contributed by atoms with E-state index in [1.807, 2.05) is 0 Å². The normalized spacial score (nSPS) is 16.2. The van der Waals surface area contributed by atoms with Gasteiger partial charge in [-0.15, -0.1) is 11.3 Å². The maximum Gasteiger partial charge on any atom is 0.350 e. The summed E-state index contributed by atoms with van der Waals surface area (Å²) >= 11 is 1.29. The van der Waals surface area contributed by atoms with Crippen molar-refractivity contribution < 1.29 is 19.4 Å². The summed E-state index contributed by atoms with van der Waals surface area (Å²) < 4.78 is 10.3. The zero-order chi connectivity index (χ0) is 14.7. The number of carbonyl (C=O) groups is 1. The van der Waals surface area contributed by atoms with Crippen molar-refractivity contribution in [2.24, 2.45) is 0 Å². The van der Waals surface area contributed by atoms with Crippen LogP contribution in [0.25, 0.3) is 0 Å². The molecular formula is C13H20N2O4S. The Morgan fingerprint density at radius 3 is 2.70 bits per heavy atom. The van der Waals surface area contributed by atoms with Crippen molar-refractivity contribution in [3.05, 3.63) is 4.88 Å². The number of ether oxygens (including phenoxy) is 2. The fourth-order valence-electron chi connectivity index (χ4n) is 2.24. The highest BCUT2D eigenvalue weighted by atomic mass is 32.1. The van der Waals surface area contributed by atoms with Crippen molar-refractivity contribution in [1.82, 2.24) is 0 Å². The lowest BCUT2D eigenvalue weighted by Crippen LogP contribution is -2.35. The minimum Gasteiger partial charge on any atom is -0.492 e. The molecule has 1 saturated heterocycles. The van der Waals surface area contributed by atoms with E-state index in [0.717, 1.165) is 18.1 Å². The second-order valence-electron chi connectivity index (χ2n) is 4.62. The van der Waals surface area contributed by atoms with Gasteiger partial charge in [-0.1, -0.05) is 0 Å². The van der Waals surface area contributed by atoms with Crippen LogP contribution in [-0.4, -0.2) is 44.0 Å². The number of hydrogen-bond acceptors (Lipinski definition) is 7. The number of methoxy groups -OCH3 is 1. The molecule has 20 heavy (non-hydrogen) atoms. The van der Waals surface area contributed by atoms with Gasteiger partial charge in [-0.25, -0.2) is 4.79 Å². The molecule has 0 amide bonds. The molecule has 2 rings (SSSR count). The van der Waals surface area contributed by atoms with E-state index in [-0.39, 0.29) is 6.10 Å². The van der Waals surface area contributed by atoms with Gasteiger partial charge >= 0.3 is 5.97 Å². The van der Waals surface area contributed by atoms with Crippen molar-refractivity contribution in [2.75, 3.05) is 37.4 Å². The minimum atomic E-state index is -0.420. The molecule has 1 aromatic rings. The van der Waals surface area contributed by atoms with Gasteiger partial charge in [0.15, 0.2) is 5.75 Å². The van der Waals surface area contributed by atoms with E-state index in [4.69, 9.17) is 15.2 Å². The number of anilines is 2. The van der Waals surface area contributed by atoms with E-state index in [0.29, 0.717) is 35.8 Å². The molecule has 0 bridgehead atoms. The van der Waals surface area contributed by atoms with E-state index >= 15 is 0 Å². The number of thiophene rings is 1. The molecule has 0 saturated carbocycles. The number of carbonyl (C=O) groups excluding carboxylic acids is 1. The minimum absolute atomic E-state index is 0.251. The third kappa shape index (κ3) is 2.83. The van der Waals surface area contributed by atoms with Gasteiger partial charge in [-0.05, 0) is 19.8 Å². The first-order valence-electron chi connectivity index (χ1n) is 6.64. The largest absolute Gasteiger partial charge is 0.492 e. The quantitative estimate of drug-likeness (QED) is 0.819. The van der Waals surface area contributed by atoms with Crippen molar-refractivity contribution in [2.45, 2.75) is 25.9 Å². The molecule has 6 nitrogen and oxygen atoms in total. The van der Waals surface area contributed by atoms with Crippen LogP contribution in [0.4, 0.5) is 10.7 Å². The maximum absolute atomic E-state index is 11.9. The van der Waals surface area contributed by atoms with Crippen LogP contribution >= 0.6 is 11.3 Å². The Morgan fingerprint density at radius 1 is 1.50 bits per heavy atom. The van der Waals surface area contributed by atoms with Crippen LogP contribution in [0.2, 0.25) is 0 Å². The number of nitrogens with zero attached hydrogens (tertiary/aromatic N) is 1. The Hall–Kier alpha value is -1.47. The zero-order valence-electron chi connectivity index (χ0n) is 11.7. The highest BCUT2D eigenvalue weighted by molar-refractivity contribution is 7.19. The monoisotopic (exact) mass is 300 g/mol. The highest BCUT2D eigenvalue weighted by Crippen LogP contribution is 2.45. The molecule has 112 valence electrons. The average molecular weight is 300 g/mol. The molecule has 1 aliphatic heterocycles. The number of nitrogen functional groups attached to an aromatic ring is 1. The van der Waals surface area contributed by atoms with Gasteiger partial charge in [0.2, 0.25) is 0 Å². The van der Waals surface area contributed by atoms with E-state index in [2.05, 4.69) is 4.90 Å². The van der Waals surface area contributed by atoms with E-state index in [1.165, 1.54) is 18.4 Å². The summed E-state index contributed by atoms with van der Waals surface area (Å²) in [6, 6.07) is 0. The molecule has 0 spiro atoms. The third-order valence-corrected chi connectivity index (χ3v) is 4.53. The second-order valence-corrected chi connectivity index (χ2v) is 5.62. The molecule has 0 atom stereocenters. The smallest absolute Gasteiger partial charge is 0.350 e. The fraction of sp³-hybridized carbons (Fsp3) is 0.615. The van der Waals surface area contributed by atoms with Gasteiger partial charge in [0.05, 0.1) is 19.8 Å². The standard InChI is InChI=1S/C13H20N2O4S/c1-3-19-13(17)11-9(14)10(18-2)12(20-11)15-6-4-8(16)5-7-15/h8,16H,3-7,14H2,1-2H3. The van der Waals surface area contributed by atoms with Crippen LogP contribution < -0.4 is 15.4 Å². The SMILES string of the molecule is CCOC(=O)c1sc(N2CCC(O)CC2)c(OC)c1N. The Labute approximate surface area is 122 Å². The van der Waals surface area contributed by atoms with E-state index < -0.39 is 5.97 Å². The van der Waals surface area contributed by atoms with E-state index in [1.54, 1.807) is 6.92 Å². The Balaban J connectivity index is 2.28. The first kappa shape index (κ1) is 14.9. The zero-order valence-corrected chi connectivity index (χ0v) is 12.5. The van der Waals surface area contributed by atoms with E-state index in [9.17, 15) is 9.90 Å². The molecule has 7 heteroatoms. The summed E-state index contributed by atoms with van der Waals surface area (Å²) in [7, 11) is 1.54. The van der Waals surface area contributed by atoms with Crippen molar-refractivity contribution in [1.29, 1.82) is 0 Å². The lowest BCUT2D eigenvalue weighted by molar-refractivity contribution is 0.0533. The number of esters is 1. The summed E-state index contributed by atoms with van der Waals surface area (Å²) in [4.78, 5) is 14.3. The summed E-state index contributed by atoms with van der Waals surface area (Å²) in [5, 5.41) is 10.4. The van der Waals surface area contributed by atoms with Crippen LogP contribution in [0, 0.1) is 0 Å². The highest BCUT2D eigenvalue weighted by Gasteiger charge is 2.28. The second kappa shape index (κ2) is 6.32. The number of piperidine rings is 1. The number of nitrogens with two attached hydrogens (primary N) is 1. The van der Waals surface area contributed by atoms with Crippen LogP contribution in [0.1, 0.15) is 29.4 Å². The van der Waals surface area contributed by atoms with Crippen molar-refractivity contribution in [3.63, 3.8) is 0 Å². The van der Waals surface area contributed by atoms with Gasteiger partial charge in [0, 0.05) is 13.1 Å². The number of aliphatic hydroxyl groups is 1. The summed E-state index contributed by atoms with van der Waals surface area (Å²) in [5.41, 5.74) is 6.32. The predicted molar refractivity (Wildman–Crippen MR) is 78.7 cm³/mol. The van der Waals surface area contributed by atoms with Crippen LogP contribution in [0.15, 0.2) is 0 Å². The van der Waals surface area contributed by atoms with Gasteiger partial charge < -0.3 is 25.2 Å². The molecule has 0 radical (unpaired) electrons. The molecule has 1 aromatic heterocycles. The van der Waals surface area contributed by atoms with Gasteiger partial charge in [0.25, 0.3) is 0 Å². The Morgan fingerprint density at radius 2 is 2.15 bits per heavy atom. The molecular weight excluding hydrogens is 280 g/mol. The lowest BCUT2D eigenvalue weighted by Gasteiger charge is -2.30. The summed E-state index contributed by atoms with van der Waals surface area (Å²) in [6.07, 6.45) is 1.16. The molecule has 0 aliphatic carbocycles. The van der Waals surface area contributed by atoms with Crippen molar-refractivity contribution in [3.8, 4) is 5.75 Å². The molecule has 0 aromatic carbocycles. The van der Waals surface area contributed by atoms with Gasteiger partial charge in [0.1, 0.15) is 15.6 Å². The van der Waals surface area contributed by atoms with Crippen molar-refractivity contribution >= 4 is 28.0 Å². The molecule has 2 heterocycles. The number of hydrogen-bond donors (Lipinski definition) is 2. The Kier molecular flexibility index (Phi) is 4.72. The first-order valence-corrected chi connectivity index (χ1v) is 7.46. The average Bonchev–Trinajstić information content (AvgIpc) is 2.77. The van der Waals surface area contributed by atoms with Crippen LogP contribution in [-0.2, 0) is 4.74 Å². The summed E-state index contributed by atoms with van der Waals surface area (Å²) in [6.45, 7) is 3.51. The van der Waals surface area contributed by atoms with Gasteiger partial charge in [-0.3, -0.25) is 0 Å². The first-order chi connectivity index (χ1) is 9.58. The lowest BCUT2D eigenvalue weighted by atomic mass is 10.1. The topological polar surface area (TPSA) is 85.0 Å². The predicted octanol–water partition coefficient (Wildman–Crippen LogP) is 1.48. The number of aliphatic hydroxyl groups excluding tert-OH is 1. The number of rotatable bonds is 4. The third-order valence-electron chi connectivity index (χ3n) is 3.30. The molecule has 0 unspecified atom stereocenters. The molecule has 1 aliphatic rings. The summed E-state index contributed by atoms with van der Waals surface area (Å²) in [5.74, 6) is 0.103. The molecule has 1 fully saturated rings. The van der Waals surface area contributed by atoms with Crippen LogP contribution in [0.3, 0.4) is 0 Å². The maximum atomic E-state index is 11.9. The fourth-order valence-corrected chi connectivity index (χ4v) is 3.37. The Bertz CT molecular complexity index is 481.